The molecular formula is C3HF3O3. The molecule has 0 amide bonds. The third-order valence-corrected chi connectivity index (χ3v) is 0.645. The molecule has 0 aromatic rings. The zero-order chi connectivity index (χ0) is 7.07. The van der Waals surface area contributed by atoms with Gasteiger partial charge in [0, 0.05) is 0 Å². The van der Waals surface area contributed by atoms with E-state index in [-0.39, 0.29) is 0 Å². The third-order valence-electron chi connectivity index (χ3n) is 0.645. The summed E-state index contributed by atoms with van der Waals surface area (Å²) in [5, 5.41) is 0. The maximum absolute atomic E-state index is 11.6. The third kappa shape index (κ3) is 1.13. The van der Waals surface area contributed by atoms with Gasteiger partial charge in [0.2, 0.25) is 0 Å². The highest BCUT2D eigenvalue weighted by atomic mass is 19.3. The second-order valence-corrected chi connectivity index (χ2v) is 1.32. The number of alkyl halides is 3. The molecule has 0 bridgehead atoms. The van der Waals surface area contributed by atoms with Crippen LogP contribution in [0.4, 0.5) is 13.2 Å². The Morgan fingerprint density at radius 3 is 2.22 bits per heavy atom. The van der Waals surface area contributed by atoms with Gasteiger partial charge >= 0.3 is 18.6 Å². The maximum atomic E-state index is 11.6. The fraction of sp³-hybridized carbons (Fsp3) is 0.667. The molecule has 0 aliphatic carbocycles. The summed E-state index contributed by atoms with van der Waals surface area (Å²) in [6.45, 7) is 0. The van der Waals surface area contributed by atoms with Crippen molar-refractivity contribution in [3.8, 4) is 0 Å². The summed E-state index contributed by atoms with van der Waals surface area (Å²) < 4.78 is 40.9. The molecule has 1 aliphatic rings. The van der Waals surface area contributed by atoms with Gasteiger partial charge in [-0.15, -0.1) is 8.78 Å². The molecule has 1 saturated heterocycles. The molecule has 1 heterocycles. The molecule has 0 saturated carbocycles. The molecule has 52 valence electrons. The van der Waals surface area contributed by atoms with Crippen molar-refractivity contribution in [2.24, 2.45) is 0 Å². The Kier molecular flexibility index (Phi) is 1.13. The molecule has 9 heavy (non-hydrogen) atoms. The highest BCUT2D eigenvalue weighted by Gasteiger charge is 2.50. The summed E-state index contributed by atoms with van der Waals surface area (Å²) in [7, 11) is 0. The highest BCUT2D eigenvalue weighted by Crippen LogP contribution is 2.27. The Morgan fingerprint density at radius 1 is 1.56 bits per heavy atom. The van der Waals surface area contributed by atoms with Crippen LogP contribution in [0.25, 0.3) is 0 Å². The minimum Gasteiger partial charge on any atom is -0.372 e. The number of carbonyl (C=O) groups excluding carboxylic acids is 1. The first-order valence-electron chi connectivity index (χ1n) is 1.94. The van der Waals surface area contributed by atoms with Crippen molar-refractivity contribution >= 4 is 5.97 Å². The van der Waals surface area contributed by atoms with E-state index in [1.807, 2.05) is 0 Å². The van der Waals surface area contributed by atoms with Gasteiger partial charge in [-0.05, 0) is 0 Å². The number of rotatable bonds is 0. The molecule has 1 rings (SSSR count). The van der Waals surface area contributed by atoms with Gasteiger partial charge < -0.3 is 4.74 Å². The van der Waals surface area contributed by atoms with Crippen LogP contribution in [-0.4, -0.2) is 18.6 Å². The van der Waals surface area contributed by atoms with E-state index in [9.17, 15) is 18.0 Å². The van der Waals surface area contributed by atoms with Crippen LogP contribution < -0.4 is 0 Å². The monoisotopic (exact) mass is 142 g/mol. The zero-order valence-electron chi connectivity index (χ0n) is 3.94. The molecule has 1 fully saturated rings. The van der Waals surface area contributed by atoms with Crippen molar-refractivity contribution in [1.29, 1.82) is 0 Å². The number of hydrogen-bond acceptors (Lipinski definition) is 3. The second-order valence-electron chi connectivity index (χ2n) is 1.32. The van der Waals surface area contributed by atoms with Gasteiger partial charge in [-0.25, -0.2) is 13.9 Å². The zero-order valence-corrected chi connectivity index (χ0v) is 3.94. The molecular weight excluding hydrogens is 141 g/mol. The Labute approximate surface area is 47.3 Å². The first-order valence-corrected chi connectivity index (χ1v) is 1.94. The van der Waals surface area contributed by atoms with E-state index in [1.165, 1.54) is 0 Å². The van der Waals surface area contributed by atoms with Crippen molar-refractivity contribution in [3.05, 3.63) is 0 Å². The Hall–Kier alpha value is -0.780. The van der Waals surface area contributed by atoms with Gasteiger partial charge in [0.05, 0.1) is 0 Å². The number of ether oxygens (including phenoxy) is 2. The fourth-order valence-electron chi connectivity index (χ4n) is 0.356. The van der Waals surface area contributed by atoms with Gasteiger partial charge in [0.15, 0.2) is 0 Å². The molecule has 1 unspecified atom stereocenters. The summed E-state index contributed by atoms with van der Waals surface area (Å²) in [4.78, 5) is 9.79. The van der Waals surface area contributed by atoms with Gasteiger partial charge in [-0.3, -0.25) is 0 Å². The van der Waals surface area contributed by atoms with Gasteiger partial charge in [-0.2, -0.15) is 0 Å². The van der Waals surface area contributed by atoms with Gasteiger partial charge in [0.1, 0.15) is 0 Å². The SMILES string of the molecule is O=C1OC(F)(F)OC1F. The maximum Gasteiger partial charge on any atom is 0.540 e. The molecule has 3 nitrogen and oxygen atoms in total. The summed E-state index contributed by atoms with van der Waals surface area (Å²) in [5.41, 5.74) is 0. The van der Waals surface area contributed by atoms with Gasteiger partial charge in [-0.1, -0.05) is 0 Å². The van der Waals surface area contributed by atoms with Crippen molar-refractivity contribution in [3.63, 3.8) is 0 Å². The van der Waals surface area contributed by atoms with E-state index in [0.29, 0.717) is 0 Å². The van der Waals surface area contributed by atoms with Crippen LogP contribution in [0.3, 0.4) is 0 Å². The topological polar surface area (TPSA) is 35.5 Å². The minimum absolute atomic E-state index is 1.69. The number of halogens is 3. The largest absolute Gasteiger partial charge is 0.540 e. The number of esters is 1. The van der Waals surface area contributed by atoms with E-state index >= 15 is 0 Å². The lowest BCUT2D eigenvalue weighted by Gasteiger charge is -2.00. The first kappa shape index (κ1) is 6.34. The lowest BCUT2D eigenvalue weighted by atomic mass is 10.7. The fourth-order valence-corrected chi connectivity index (χ4v) is 0.356. The second kappa shape index (κ2) is 1.60. The molecule has 6 heteroatoms. The summed E-state index contributed by atoms with van der Waals surface area (Å²) in [6, 6.07) is 0. The van der Waals surface area contributed by atoms with Gasteiger partial charge in [0.25, 0.3) is 0 Å². The normalized spacial score (nSPS) is 32.3. The molecule has 1 atom stereocenters. The van der Waals surface area contributed by atoms with Crippen LogP contribution in [0.1, 0.15) is 0 Å². The molecule has 0 aromatic carbocycles. The highest BCUT2D eigenvalue weighted by molar-refractivity contribution is 5.74. The molecule has 0 radical (unpaired) electrons. The number of carbonyl (C=O) groups is 1. The van der Waals surface area contributed by atoms with Crippen LogP contribution >= 0.6 is 0 Å². The average molecular weight is 142 g/mol. The van der Waals surface area contributed by atoms with Crippen molar-refractivity contribution in [2.45, 2.75) is 12.7 Å². The lowest BCUT2D eigenvalue weighted by molar-refractivity contribution is -0.348. The molecule has 0 N–H and O–H groups in total. The van der Waals surface area contributed by atoms with E-state index in [2.05, 4.69) is 9.47 Å². The van der Waals surface area contributed by atoms with E-state index in [1.54, 1.807) is 0 Å². The predicted octanol–water partition coefficient (Wildman–Crippen LogP) is 0.406. The predicted molar refractivity (Wildman–Crippen MR) is 17.0 cm³/mol. The molecule has 1 aliphatic heterocycles. The summed E-state index contributed by atoms with van der Waals surface area (Å²) in [6.07, 6.45) is -6.74. The van der Waals surface area contributed by atoms with Crippen molar-refractivity contribution in [2.75, 3.05) is 0 Å². The van der Waals surface area contributed by atoms with Crippen LogP contribution in [0, 0.1) is 0 Å². The standard InChI is InChI=1S/C3HF3O3/c4-1-2(7)9-3(5,6)8-1/h1H. The Bertz CT molecular complexity index is 145. The van der Waals surface area contributed by atoms with Crippen molar-refractivity contribution in [1.82, 2.24) is 0 Å². The minimum atomic E-state index is -4.09. The van der Waals surface area contributed by atoms with E-state index in [0.717, 1.165) is 0 Å². The van der Waals surface area contributed by atoms with Crippen LogP contribution in [0.5, 0.6) is 0 Å². The van der Waals surface area contributed by atoms with Crippen LogP contribution in [-0.2, 0) is 14.3 Å². The molecule has 0 aromatic heterocycles. The average Bonchev–Trinajstić information content (AvgIpc) is 1.79. The first-order chi connectivity index (χ1) is 4.01. The van der Waals surface area contributed by atoms with Crippen LogP contribution in [0.15, 0.2) is 0 Å². The van der Waals surface area contributed by atoms with Crippen LogP contribution in [0.2, 0.25) is 0 Å². The smallest absolute Gasteiger partial charge is 0.372 e. The number of hydrogen-bond donors (Lipinski definition) is 0. The van der Waals surface area contributed by atoms with Crippen molar-refractivity contribution < 1.29 is 27.4 Å². The molecule has 0 spiro atoms. The quantitative estimate of drug-likeness (QED) is 0.459. The lowest BCUT2D eigenvalue weighted by Crippen LogP contribution is -2.16. The Balaban J connectivity index is 2.65. The summed E-state index contributed by atoms with van der Waals surface area (Å²) in [5.74, 6) is -1.69. The summed E-state index contributed by atoms with van der Waals surface area (Å²) >= 11 is 0. The Morgan fingerprint density at radius 2 is 2.11 bits per heavy atom. The van der Waals surface area contributed by atoms with E-state index < -0.39 is 18.6 Å². The number of cyclic esters (lactones) is 1. The van der Waals surface area contributed by atoms with E-state index in [4.69, 9.17) is 0 Å².